The van der Waals surface area contributed by atoms with Crippen molar-refractivity contribution in [2.45, 2.75) is 25.8 Å². The van der Waals surface area contributed by atoms with Gasteiger partial charge in [-0.15, -0.1) is 0 Å². The first-order valence-electron chi connectivity index (χ1n) is 7.91. The van der Waals surface area contributed by atoms with Crippen LogP contribution in [-0.2, 0) is 4.79 Å². The topological polar surface area (TPSA) is 73.5 Å². The zero-order chi connectivity index (χ0) is 16.4. The van der Waals surface area contributed by atoms with Gasteiger partial charge < -0.3 is 20.9 Å². The Balaban J connectivity index is 1.61. The molecule has 0 bridgehead atoms. The molecule has 1 saturated carbocycles. The Morgan fingerprint density at radius 2 is 2.22 bits per heavy atom. The Hall–Kier alpha value is -1.95. The minimum Gasteiger partial charge on any atom is -0.359 e. The van der Waals surface area contributed by atoms with Gasteiger partial charge in [-0.1, -0.05) is 11.6 Å². The van der Waals surface area contributed by atoms with Crippen molar-refractivity contribution in [3.8, 4) is 0 Å². The smallest absolute Gasteiger partial charge is 0.319 e. The summed E-state index contributed by atoms with van der Waals surface area (Å²) in [6.07, 6.45) is 2.37. The minimum atomic E-state index is -0.217. The Labute approximate surface area is 140 Å². The predicted molar refractivity (Wildman–Crippen MR) is 91.0 cm³/mol. The van der Waals surface area contributed by atoms with E-state index in [0.717, 1.165) is 12.2 Å². The van der Waals surface area contributed by atoms with Gasteiger partial charge in [0.2, 0.25) is 5.91 Å². The largest absolute Gasteiger partial charge is 0.359 e. The van der Waals surface area contributed by atoms with Gasteiger partial charge in [0, 0.05) is 24.8 Å². The van der Waals surface area contributed by atoms with Crippen LogP contribution in [0, 0.1) is 5.92 Å². The second-order valence-corrected chi connectivity index (χ2v) is 6.57. The molecule has 0 aromatic heterocycles. The van der Waals surface area contributed by atoms with Gasteiger partial charge in [-0.2, -0.15) is 0 Å². The quantitative estimate of drug-likeness (QED) is 0.789. The molecule has 6 nitrogen and oxygen atoms in total. The maximum Gasteiger partial charge on any atom is 0.319 e. The lowest BCUT2D eigenvalue weighted by Crippen LogP contribution is -2.47. The van der Waals surface area contributed by atoms with Crippen LogP contribution in [0.1, 0.15) is 19.8 Å². The van der Waals surface area contributed by atoms with Crippen LogP contribution in [0.4, 0.5) is 16.2 Å². The molecule has 0 spiro atoms. The summed E-state index contributed by atoms with van der Waals surface area (Å²) in [5.41, 5.74) is 1.44. The van der Waals surface area contributed by atoms with Crippen molar-refractivity contribution < 1.29 is 9.59 Å². The first-order valence-corrected chi connectivity index (χ1v) is 8.29. The number of carbonyl (C=O) groups excluding carboxylic acids is 2. The predicted octanol–water partition coefficient (Wildman–Crippen LogP) is 2.20. The SMILES string of the molecule is CC(NC(=O)Nc1ccc(N2CCNC(=O)C2)c(Cl)c1)C1CC1. The number of urea groups is 1. The van der Waals surface area contributed by atoms with E-state index in [0.29, 0.717) is 29.7 Å². The van der Waals surface area contributed by atoms with Crippen LogP contribution in [0.5, 0.6) is 0 Å². The molecule has 2 fully saturated rings. The molecule has 1 aromatic rings. The average molecular weight is 337 g/mol. The molecule has 1 unspecified atom stereocenters. The van der Waals surface area contributed by atoms with Gasteiger partial charge in [0.1, 0.15) is 0 Å². The molecule has 1 aliphatic heterocycles. The molecule has 23 heavy (non-hydrogen) atoms. The standard InChI is InChI=1S/C16H21ClN4O2/c1-10(11-2-3-11)19-16(23)20-12-4-5-14(13(17)8-12)21-7-6-18-15(22)9-21/h4-5,8,10-11H,2-3,6-7,9H2,1H3,(H,18,22)(H2,19,20,23). The molecule has 1 aromatic carbocycles. The fraction of sp³-hybridized carbons (Fsp3) is 0.500. The van der Waals surface area contributed by atoms with E-state index >= 15 is 0 Å². The van der Waals surface area contributed by atoms with Crippen molar-refractivity contribution in [2.24, 2.45) is 5.92 Å². The number of hydrogen-bond acceptors (Lipinski definition) is 3. The number of anilines is 2. The normalized spacial score (nSPS) is 19.0. The van der Waals surface area contributed by atoms with Crippen molar-refractivity contribution in [2.75, 3.05) is 29.9 Å². The zero-order valence-electron chi connectivity index (χ0n) is 13.1. The fourth-order valence-electron chi connectivity index (χ4n) is 2.77. The third-order valence-electron chi connectivity index (χ3n) is 4.27. The van der Waals surface area contributed by atoms with Gasteiger partial charge in [0.05, 0.1) is 17.3 Å². The second kappa shape index (κ2) is 6.66. The molecule has 2 aliphatic rings. The van der Waals surface area contributed by atoms with Gasteiger partial charge in [-0.05, 0) is 43.9 Å². The molecule has 3 rings (SSSR count). The third kappa shape index (κ3) is 4.07. The van der Waals surface area contributed by atoms with E-state index in [4.69, 9.17) is 11.6 Å². The summed E-state index contributed by atoms with van der Waals surface area (Å²) in [6, 6.07) is 5.32. The Kier molecular flexibility index (Phi) is 4.61. The average Bonchev–Trinajstić information content (AvgIpc) is 3.31. The fourth-order valence-corrected chi connectivity index (χ4v) is 3.07. The number of carbonyl (C=O) groups is 2. The first kappa shape index (κ1) is 15.9. The van der Waals surface area contributed by atoms with Crippen molar-refractivity contribution >= 4 is 34.9 Å². The summed E-state index contributed by atoms with van der Waals surface area (Å²) in [7, 11) is 0. The molecule has 0 radical (unpaired) electrons. The second-order valence-electron chi connectivity index (χ2n) is 6.16. The molecular weight excluding hydrogens is 316 g/mol. The number of halogens is 1. The van der Waals surface area contributed by atoms with E-state index in [2.05, 4.69) is 16.0 Å². The molecule has 3 N–H and O–H groups in total. The number of piperazine rings is 1. The molecule has 7 heteroatoms. The number of hydrogen-bond donors (Lipinski definition) is 3. The molecule has 1 saturated heterocycles. The van der Waals surface area contributed by atoms with Crippen molar-refractivity contribution in [1.29, 1.82) is 0 Å². The highest BCUT2D eigenvalue weighted by atomic mass is 35.5. The molecule has 124 valence electrons. The van der Waals surface area contributed by atoms with E-state index in [1.165, 1.54) is 12.8 Å². The van der Waals surface area contributed by atoms with E-state index < -0.39 is 0 Å². The van der Waals surface area contributed by atoms with Gasteiger partial charge in [0.25, 0.3) is 0 Å². The highest BCUT2D eigenvalue weighted by molar-refractivity contribution is 6.33. The lowest BCUT2D eigenvalue weighted by Gasteiger charge is -2.29. The monoisotopic (exact) mass is 336 g/mol. The van der Waals surface area contributed by atoms with Crippen LogP contribution in [0.2, 0.25) is 5.02 Å². The maximum atomic E-state index is 12.0. The van der Waals surface area contributed by atoms with Crippen LogP contribution < -0.4 is 20.9 Å². The molecule has 1 heterocycles. The van der Waals surface area contributed by atoms with Crippen molar-refractivity contribution in [3.63, 3.8) is 0 Å². The van der Waals surface area contributed by atoms with Crippen molar-refractivity contribution in [1.82, 2.24) is 10.6 Å². The number of rotatable bonds is 4. The van der Waals surface area contributed by atoms with E-state index in [9.17, 15) is 9.59 Å². The summed E-state index contributed by atoms with van der Waals surface area (Å²) >= 11 is 6.32. The zero-order valence-corrected chi connectivity index (χ0v) is 13.8. The van der Waals surface area contributed by atoms with Crippen LogP contribution in [-0.4, -0.2) is 37.6 Å². The van der Waals surface area contributed by atoms with E-state index in [1.807, 2.05) is 17.9 Å². The van der Waals surface area contributed by atoms with Crippen LogP contribution >= 0.6 is 11.6 Å². The lowest BCUT2D eigenvalue weighted by atomic mass is 10.2. The lowest BCUT2D eigenvalue weighted by molar-refractivity contribution is -0.120. The number of amides is 3. The Bertz CT molecular complexity index is 618. The molecular formula is C16H21ClN4O2. The highest BCUT2D eigenvalue weighted by Crippen LogP contribution is 2.32. The number of nitrogens with one attached hydrogen (secondary N) is 3. The van der Waals surface area contributed by atoms with Crippen LogP contribution in [0.25, 0.3) is 0 Å². The third-order valence-corrected chi connectivity index (χ3v) is 4.58. The van der Waals surface area contributed by atoms with Gasteiger partial charge in [-0.3, -0.25) is 4.79 Å². The van der Waals surface area contributed by atoms with Gasteiger partial charge in [0.15, 0.2) is 0 Å². The van der Waals surface area contributed by atoms with Gasteiger partial charge in [-0.25, -0.2) is 4.79 Å². The molecule has 3 amide bonds. The van der Waals surface area contributed by atoms with E-state index in [1.54, 1.807) is 12.1 Å². The summed E-state index contributed by atoms with van der Waals surface area (Å²) in [5, 5.41) is 9.04. The summed E-state index contributed by atoms with van der Waals surface area (Å²) in [6.45, 7) is 3.65. The summed E-state index contributed by atoms with van der Waals surface area (Å²) < 4.78 is 0. The summed E-state index contributed by atoms with van der Waals surface area (Å²) in [4.78, 5) is 25.4. The number of nitrogens with zero attached hydrogens (tertiary/aromatic N) is 1. The molecule has 1 aliphatic carbocycles. The number of benzene rings is 1. The Morgan fingerprint density at radius 3 is 2.87 bits per heavy atom. The minimum absolute atomic E-state index is 0.0111. The Morgan fingerprint density at radius 1 is 1.43 bits per heavy atom. The van der Waals surface area contributed by atoms with Crippen molar-refractivity contribution in [3.05, 3.63) is 23.2 Å². The maximum absolute atomic E-state index is 12.0. The molecule has 1 atom stereocenters. The first-order chi connectivity index (χ1) is 11.0. The summed E-state index contributed by atoms with van der Waals surface area (Å²) in [5.74, 6) is 0.597. The highest BCUT2D eigenvalue weighted by Gasteiger charge is 2.28. The van der Waals surface area contributed by atoms with E-state index in [-0.39, 0.29) is 18.0 Å². The van der Waals surface area contributed by atoms with Crippen LogP contribution in [0.15, 0.2) is 18.2 Å². The van der Waals surface area contributed by atoms with Gasteiger partial charge >= 0.3 is 6.03 Å². The van der Waals surface area contributed by atoms with Crippen LogP contribution in [0.3, 0.4) is 0 Å².